The molecule has 0 unspecified atom stereocenters. The minimum atomic E-state index is -0.0829. The van der Waals surface area contributed by atoms with Gasteiger partial charge in [-0.1, -0.05) is 24.3 Å². The topological polar surface area (TPSA) is 35.5 Å². The third-order valence-corrected chi connectivity index (χ3v) is 3.50. The van der Waals surface area contributed by atoms with Gasteiger partial charge in [-0.15, -0.1) is 0 Å². The number of benzene rings is 2. The van der Waals surface area contributed by atoms with Gasteiger partial charge in [-0.3, -0.25) is 4.79 Å². The van der Waals surface area contributed by atoms with Crippen molar-refractivity contribution < 1.29 is 14.3 Å². The maximum Gasteiger partial charge on any atom is 0.200 e. The molecule has 3 heteroatoms. The quantitative estimate of drug-likeness (QED) is 0.797. The highest BCUT2D eigenvalue weighted by Gasteiger charge is 2.21. The van der Waals surface area contributed by atoms with Gasteiger partial charge in [0.2, 0.25) is 5.78 Å². The number of ether oxygens (including phenoxy) is 2. The van der Waals surface area contributed by atoms with Crippen LogP contribution in [0.15, 0.2) is 36.4 Å². The molecule has 0 saturated heterocycles. The Kier molecular flexibility index (Phi) is 4.08. The monoisotopic (exact) mass is 270 g/mol. The van der Waals surface area contributed by atoms with Crippen LogP contribution in [0.2, 0.25) is 0 Å². The first-order valence-electron chi connectivity index (χ1n) is 6.42. The van der Waals surface area contributed by atoms with E-state index in [4.69, 9.17) is 9.47 Å². The summed E-state index contributed by atoms with van der Waals surface area (Å²) in [4.78, 5) is 12.8. The van der Waals surface area contributed by atoms with Gasteiger partial charge in [0.05, 0.1) is 14.2 Å². The van der Waals surface area contributed by atoms with Crippen LogP contribution in [0.4, 0.5) is 0 Å². The van der Waals surface area contributed by atoms with Crippen LogP contribution in [0.25, 0.3) is 0 Å². The summed E-state index contributed by atoms with van der Waals surface area (Å²) in [5, 5.41) is 0. The zero-order chi connectivity index (χ0) is 14.7. The van der Waals surface area contributed by atoms with Gasteiger partial charge in [-0.05, 0) is 37.1 Å². The summed E-state index contributed by atoms with van der Waals surface area (Å²) in [6.45, 7) is 3.94. The predicted molar refractivity (Wildman–Crippen MR) is 78.9 cm³/mol. The largest absolute Gasteiger partial charge is 0.496 e. The van der Waals surface area contributed by atoms with Crippen LogP contribution >= 0.6 is 0 Å². The first kappa shape index (κ1) is 14.1. The number of hydrogen-bond donors (Lipinski definition) is 0. The zero-order valence-electron chi connectivity index (χ0n) is 12.2. The molecule has 0 aromatic heterocycles. The molecule has 0 aliphatic carbocycles. The van der Waals surface area contributed by atoms with Crippen molar-refractivity contribution in [3.63, 3.8) is 0 Å². The van der Waals surface area contributed by atoms with Crippen molar-refractivity contribution in [2.24, 2.45) is 0 Å². The average molecular weight is 270 g/mol. The summed E-state index contributed by atoms with van der Waals surface area (Å²) in [7, 11) is 3.10. The van der Waals surface area contributed by atoms with Gasteiger partial charge in [-0.25, -0.2) is 0 Å². The van der Waals surface area contributed by atoms with Crippen LogP contribution in [-0.4, -0.2) is 20.0 Å². The number of carbonyl (C=O) groups is 1. The summed E-state index contributed by atoms with van der Waals surface area (Å²) in [6.07, 6.45) is 0. The third-order valence-electron chi connectivity index (χ3n) is 3.50. The van der Waals surface area contributed by atoms with E-state index in [1.807, 2.05) is 32.0 Å². The van der Waals surface area contributed by atoms with Crippen molar-refractivity contribution >= 4 is 5.78 Å². The lowest BCUT2D eigenvalue weighted by atomic mass is 9.95. The average Bonchev–Trinajstić information content (AvgIpc) is 2.48. The number of carbonyl (C=O) groups excluding carboxylic acids is 1. The predicted octanol–water partition coefficient (Wildman–Crippen LogP) is 3.55. The Morgan fingerprint density at radius 2 is 1.45 bits per heavy atom. The second-order valence-corrected chi connectivity index (χ2v) is 4.61. The van der Waals surface area contributed by atoms with Gasteiger partial charge in [0.25, 0.3) is 0 Å². The fourth-order valence-corrected chi connectivity index (χ4v) is 2.21. The summed E-state index contributed by atoms with van der Waals surface area (Å²) in [5.41, 5.74) is 3.20. The molecule has 0 amide bonds. The van der Waals surface area contributed by atoms with Crippen LogP contribution in [0.3, 0.4) is 0 Å². The van der Waals surface area contributed by atoms with Gasteiger partial charge in [-0.2, -0.15) is 0 Å². The Morgan fingerprint density at radius 3 is 2.00 bits per heavy atom. The number of hydrogen-bond acceptors (Lipinski definition) is 3. The molecule has 0 N–H and O–H groups in total. The zero-order valence-corrected chi connectivity index (χ0v) is 12.2. The van der Waals surface area contributed by atoms with Crippen LogP contribution in [-0.2, 0) is 0 Å². The van der Waals surface area contributed by atoms with Crippen molar-refractivity contribution in [2.45, 2.75) is 13.8 Å². The van der Waals surface area contributed by atoms with Crippen molar-refractivity contribution in [1.82, 2.24) is 0 Å². The van der Waals surface area contributed by atoms with E-state index in [1.165, 1.54) is 0 Å². The lowest BCUT2D eigenvalue weighted by molar-refractivity contribution is 0.103. The van der Waals surface area contributed by atoms with Gasteiger partial charge >= 0.3 is 0 Å². The van der Waals surface area contributed by atoms with E-state index in [9.17, 15) is 4.79 Å². The Morgan fingerprint density at radius 1 is 0.900 bits per heavy atom. The number of rotatable bonds is 4. The molecular weight excluding hydrogens is 252 g/mol. The SMILES string of the molecule is COc1cccc(OC)c1C(=O)c1cccc(C)c1C. The van der Waals surface area contributed by atoms with Crippen LogP contribution in [0.1, 0.15) is 27.0 Å². The molecular formula is C17H18O3. The summed E-state index contributed by atoms with van der Waals surface area (Å²) in [5.74, 6) is 0.964. The molecule has 20 heavy (non-hydrogen) atoms. The Labute approximate surface area is 119 Å². The highest BCUT2D eigenvalue weighted by atomic mass is 16.5. The molecule has 2 aromatic carbocycles. The van der Waals surface area contributed by atoms with Crippen molar-refractivity contribution in [3.8, 4) is 11.5 Å². The van der Waals surface area contributed by atoms with Crippen molar-refractivity contribution in [3.05, 3.63) is 58.7 Å². The van der Waals surface area contributed by atoms with E-state index in [0.29, 0.717) is 22.6 Å². The van der Waals surface area contributed by atoms with Gasteiger partial charge in [0.15, 0.2) is 0 Å². The number of ketones is 1. The molecule has 0 saturated carbocycles. The van der Waals surface area contributed by atoms with E-state index in [2.05, 4.69) is 0 Å². The van der Waals surface area contributed by atoms with Crippen molar-refractivity contribution in [1.29, 1.82) is 0 Å². The first-order chi connectivity index (χ1) is 9.60. The van der Waals surface area contributed by atoms with E-state index in [1.54, 1.807) is 32.4 Å². The second-order valence-electron chi connectivity index (χ2n) is 4.61. The van der Waals surface area contributed by atoms with Crippen molar-refractivity contribution in [2.75, 3.05) is 14.2 Å². The molecule has 0 atom stereocenters. The molecule has 0 aliphatic heterocycles. The highest BCUT2D eigenvalue weighted by Crippen LogP contribution is 2.31. The Hall–Kier alpha value is -2.29. The second kappa shape index (κ2) is 5.78. The van der Waals surface area contributed by atoms with Gasteiger partial charge in [0, 0.05) is 5.56 Å². The maximum atomic E-state index is 12.8. The number of aryl methyl sites for hydroxylation is 1. The molecule has 104 valence electrons. The smallest absolute Gasteiger partial charge is 0.200 e. The molecule has 0 aliphatic rings. The van der Waals surface area contributed by atoms with Gasteiger partial charge < -0.3 is 9.47 Å². The molecule has 2 rings (SSSR count). The van der Waals surface area contributed by atoms with Gasteiger partial charge in [0.1, 0.15) is 17.1 Å². The lowest BCUT2D eigenvalue weighted by Gasteiger charge is -2.14. The fourth-order valence-electron chi connectivity index (χ4n) is 2.21. The highest BCUT2D eigenvalue weighted by molar-refractivity contribution is 6.13. The Balaban J connectivity index is 2.61. The molecule has 0 spiro atoms. The summed E-state index contributed by atoms with van der Waals surface area (Å²) >= 11 is 0. The molecule has 0 bridgehead atoms. The third kappa shape index (κ3) is 2.39. The normalized spacial score (nSPS) is 10.2. The lowest BCUT2D eigenvalue weighted by Crippen LogP contribution is -2.08. The van der Waals surface area contributed by atoms with Crippen LogP contribution in [0.5, 0.6) is 11.5 Å². The summed E-state index contributed by atoms with van der Waals surface area (Å²) < 4.78 is 10.6. The van der Waals surface area contributed by atoms with Crippen LogP contribution in [0, 0.1) is 13.8 Å². The van der Waals surface area contributed by atoms with E-state index in [0.717, 1.165) is 11.1 Å². The summed E-state index contributed by atoms with van der Waals surface area (Å²) in [6, 6.07) is 11.0. The van der Waals surface area contributed by atoms with E-state index in [-0.39, 0.29) is 5.78 Å². The Bertz CT molecular complexity index is 622. The molecule has 2 aromatic rings. The van der Waals surface area contributed by atoms with E-state index < -0.39 is 0 Å². The molecule has 0 fully saturated rings. The standard InChI is InChI=1S/C17H18O3/c1-11-7-5-8-13(12(11)2)17(18)16-14(19-3)9-6-10-15(16)20-4/h5-10H,1-4H3. The molecule has 0 radical (unpaired) electrons. The number of methoxy groups -OCH3 is 2. The van der Waals surface area contributed by atoms with Crippen LogP contribution < -0.4 is 9.47 Å². The minimum absolute atomic E-state index is 0.0829. The first-order valence-corrected chi connectivity index (χ1v) is 6.42. The molecule has 3 nitrogen and oxygen atoms in total. The maximum absolute atomic E-state index is 12.8. The van der Waals surface area contributed by atoms with E-state index >= 15 is 0 Å². The minimum Gasteiger partial charge on any atom is -0.496 e. The fraction of sp³-hybridized carbons (Fsp3) is 0.235. The molecule has 0 heterocycles.